The summed E-state index contributed by atoms with van der Waals surface area (Å²) in [6.45, 7) is 4.44. The Hall–Kier alpha value is -3.70. The molecule has 3 aromatic carbocycles. The van der Waals surface area contributed by atoms with Crippen LogP contribution in [0.1, 0.15) is 47.2 Å². The molecule has 4 aromatic rings. The second kappa shape index (κ2) is 13.7. The molecule has 0 spiro atoms. The number of rotatable bonds is 11. The Morgan fingerprint density at radius 2 is 1.89 bits per heavy atom. The number of nitrogen functional groups attached to an aromatic ring is 1. The van der Waals surface area contributed by atoms with E-state index in [4.69, 9.17) is 39.1 Å². The molecule has 5 rings (SSSR count). The largest absolute Gasteiger partial charge is 0.487 e. The zero-order valence-corrected chi connectivity index (χ0v) is 27.4. The number of ether oxygens (including phenoxy) is 1. The van der Waals surface area contributed by atoms with E-state index in [9.17, 15) is 13.2 Å². The van der Waals surface area contributed by atoms with Crippen LogP contribution in [0.5, 0.6) is 5.75 Å². The maximum atomic E-state index is 13.9. The fourth-order valence-corrected chi connectivity index (χ4v) is 8.14. The van der Waals surface area contributed by atoms with E-state index < -0.39 is 16.1 Å². The van der Waals surface area contributed by atoms with Crippen LogP contribution in [-0.2, 0) is 27.8 Å². The van der Waals surface area contributed by atoms with Gasteiger partial charge in [0.1, 0.15) is 34.6 Å². The summed E-state index contributed by atoms with van der Waals surface area (Å²) in [7, 11) is -4.13. The first-order valence-corrected chi connectivity index (χ1v) is 16.9. The number of para-hydroxylation sites is 1. The second-order valence-electron chi connectivity index (χ2n) is 11.1. The van der Waals surface area contributed by atoms with Crippen molar-refractivity contribution in [3.8, 4) is 5.75 Å². The van der Waals surface area contributed by atoms with Gasteiger partial charge in [0, 0.05) is 40.3 Å². The van der Waals surface area contributed by atoms with Gasteiger partial charge >= 0.3 is 0 Å². The Morgan fingerprint density at radius 1 is 1.13 bits per heavy atom. The van der Waals surface area contributed by atoms with E-state index >= 15 is 0 Å². The molecule has 12 heteroatoms. The number of benzene rings is 3. The monoisotopic (exact) mass is 667 g/mol. The zero-order valence-electron chi connectivity index (χ0n) is 25.1. The van der Waals surface area contributed by atoms with E-state index in [1.165, 1.54) is 16.4 Å². The first kappa shape index (κ1) is 32.7. The maximum Gasteiger partial charge on any atom is 0.245 e. The molecular weight excluding hydrogens is 633 g/mol. The van der Waals surface area contributed by atoms with Crippen molar-refractivity contribution >= 4 is 55.9 Å². The highest BCUT2D eigenvalue weighted by atomic mass is 35.5. The van der Waals surface area contributed by atoms with E-state index in [0.717, 1.165) is 22.2 Å². The Balaban J connectivity index is 1.27. The summed E-state index contributed by atoms with van der Waals surface area (Å²) in [6.07, 6.45) is 2.34. The fraction of sp³-hybridized carbons (Fsp3) is 0.303. The molecule has 0 aliphatic carbocycles. The maximum absolute atomic E-state index is 13.9. The van der Waals surface area contributed by atoms with E-state index in [2.05, 4.69) is 10.3 Å². The van der Waals surface area contributed by atoms with Gasteiger partial charge in [0.15, 0.2) is 0 Å². The van der Waals surface area contributed by atoms with Crippen molar-refractivity contribution in [2.24, 2.45) is 5.73 Å². The van der Waals surface area contributed by atoms with Crippen molar-refractivity contribution in [3.05, 3.63) is 98.7 Å². The fourth-order valence-electron chi connectivity index (χ4n) is 5.62. The third-order valence-electron chi connectivity index (χ3n) is 7.96. The molecule has 1 atom stereocenters. The second-order valence-corrected chi connectivity index (χ2v) is 13.8. The van der Waals surface area contributed by atoms with Crippen LogP contribution in [0, 0.1) is 19.3 Å². The highest BCUT2D eigenvalue weighted by Gasteiger charge is 2.40. The third kappa shape index (κ3) is 7.09. The molecule has 0 unspecified atom stereocenters. The lowest BCUT2D eigenvalue weighted by atomic mass is 10.1. The molecule has 4 N–H and O–H groups in total. The number of amides is 1. The summed E-state index contributed by atoms with van der Waals surface area (Å²) >= 11 is 13.2. The van der Waals surface area contributed by atoms with Crippen LogP contribution in [0.3, 0.4) is 0 Å². The lowest BCUT2D eigenvalue weighted by Crippen LogP contribution is -2.46. The van der Waals surface area contributed by atoms with E-state index in [1.807, 2.05) is 44.2 Å². The standard InChI is InChI=1S/C33H35Cl2N5O4S/c1-20-18-21(2)39-31-24(20)7-3-9-28(31)44-19-25-26(34)14-15-29(30(25)35)45(42,43)40-17-5-8-27(40)33(41)38-16-4-6-22-10-12-23(13-11-22)32(36)37/h3,7,9-15,18,27H,4-6,8,16-17,19H2,1-2H3,(H3,36,37)(H,38,41)/t27-/m0/s1. The van der Waals surface area contributed by atoms with Crippen LogP contribution in [0.4, 0.5) is 0 Å². The minimum absolute atomic E-state index is 0.0120. The van der Waals surface area contributed by atoms with Gasteiger partial charge in [0.2, 0.25) is 15.9 Å². The van der Waals surface area contributed by atoms with Gasteiger partial charge in [-0.05, 0) is 74.9 Å². The van der Waals surface area contributed by atoms with Crippen LogP contribution in [0.25, 0.3) is 10.9 Å². The highest BCUT2D eigenvalue weighted by molar-refractivity contribution is 7.89. The van der Waals surface area contributed by atoms with Crippen molar-refractivity contribution in [1.82, 2.24) is 14.6 Å². The number of nitrogens with one attached hydrogen (secondary N) is 2. The van der Waals surface area contributed by atoms with Gasteiger partial charge in [-0.15, -0.1) is 0 Å². The number of halogens is 2. The predicted molar refractivity (Wildman–Crippen MR) is 178 cm³/mol. The number of pyridine rings is 1. The van der Waals surface area contributed by atoms with Crippen LogP contribution in [0.15, 0.2) is 65.6 Å². The third-order valence-corrected chi connectivity index (χ3v) is 10.8. The van der Waals surface area contributed by atoms with Crippen LogP contribution in [0.2, 0.25) is 10.0 Å². The predicted octanol–water partition coefficient (Wildman–Crippen LogP) is 5.92. The zero-order chi connectivity index (χ0) is 32.3. The van der Waals surface area contributed by atoms with Gasteiger partial charge in [0.05, 0.1) is 5.02 Å². The Kier molecular flexibility index (Phi) is 9.98. The molecule has 1 aromatic heterocycles. The molecule has 1 aliphatic heterocycles. The summed E-state index contributed by atoms with van der Waals surface area (Å²) < 4.78 is 35.1. The van der Waals surface area contributed by atoms with Gasteiger partial charge in [-0.1, -0.05) is 59.6 Å². The lowest BCUT2D eigenvalue weighted by Gasteiger charge is -2.24. The number of nitrogens with two attached hydrogens (primary N) is 1. The average molecular weight is 669 g/mol. The summed E-state index contributed by atoms with van der Waals surface area (Å²) in [6, 6.07) is 17.0. The Labute approximate surface area is 273 Å². The van der Waals surface area contributed by atoms with Gasteiger partial charge in [-0.2, -0.15) is 4.31 Å². The molecule has 1 aliphatic rings. The summed E-state index contributed by atoms with van der Waals surface area (Å²) in [5, 5.41) is 11.6. The summed E-state index contributed by atoms with van der Waals surface area (Å²) in [5.74, 6) is 0.202. The molecule has 0 saturated carbocycles. The molecule has 236 valence electrons. The number of aromatic nitrogens is 1. The number of nitrogens with zero attached hydrogens (tertiary/aromatic N) is 2. The van der Waals surface area contributed by atoms with Crippen molar-refractivity contribution < 1.29 is 17.9 Å². The van der Waals surface area contributed by atoms with Crippen LogP contribution >= 0.6 is 23.2 Å². The molecule has 1 fully saturated rings. The summed E-state index contributed by atoms with van der Waals surface area (Å²) in [4.78, 5) is 17.7. The highest BCUT2D eigenvalue weighted by Crippen LogP contribution is 2.36. The smallest absolute Gasteiger partial charge is 0.245 e. The quantitative estimate of drug-likeness (QED) is 0.103. The number of sulfonamides is 1. The van der Waals surface area contributed by atoms with E-state index in [0.29, 0.717) is 54.6 Å². The van der Waals surface area contributed by atoms with E-state index in [1.54, 1.807) is 18.2 Å². The first-order chi connectivity index (χ1) is 21.5. The molecule has 1 amide bonds. The van der Waals surface area contributed by atoms with Gasteiger partial charge in [-0.3, -0.25) is 10.2 Å². The van der Waals surface area contributed by atoms with E-state index in [-0.39, 0.29) is 39.8 Å². The molecule has 0 radical (unpaired) electrons. The minimum Gasteiger partial charge on any atom is -0.487 e. The molecule has 1 saturated heterocycles. The number of fused-ring (bicyclic) bond motifs is 1. The van der Waals surface area contributed by atoms with Gasteiger partial charge in [-0.25, -0.2) is 13.4 Å². The van der Waals surface area contributed by atoms with Crippen molar-refractivity contribution in [2.75, 3.05) is 13.1 Å². The number of amidine groups is 1. The molecule has 45 heavy (non-hydrogen) atoms. The molecule has 2 heterocycles. The molecule has 0 bridgehead atoms. The van der Waals surface area contributed by atoms with Crippen molar-refractivity contribution in [2.45, 2.75) is 57.1 Å². The van der Waals surface area contributed by atoms with Gasteiger partial charge in [0.25, 0.3) is 0 Å². The number of hydrogen-bond acceptors (Lipinski definition) is 6. The van der Waals surface area contributed by atoms with Gasteiger partial charge < -0.3 is 15.8 Å². The first-order valence-electron chi connectivity index (χ1n) is 14.7. The van der Waals surface area contributed by atoms with Crippen LogP contribution in [-0.4, -0.2) is 48.6 Å². The van der Waals surface area contributed by atoms with Crippen LogP contribution < -0.4 is 15.8 Å². The Morgan fingerprint density at radius 3 is 2.62 bits per heavy atom. The lowest BCUT2D eigenvalue weighted by molar-refractivity contribution is -0.124. The SMILES string of the molecule is Cc1cc(C)c2cccc(OCc3c(Cl)ccc(S(=O)(=O)N4CCC[C@H]4C(=O)NCCCc4ccc(C(=N)N)cc4)c3Cl)c2n1. The summed E-state index contributed by atoms with van der Waals surface area (Å²) in [5.41, 5.74) is 10.2. The van der Waals surface area contributed by atoms with Crippen molar-refractivity contribution in [3.63, 3.8) is 0 Å². The Bertz CT molecular complexity index is 1870. The normalized spacial score (nSPS) is 15.3. The minimum atomic E-state index is -4.13. The molecular formula is C33H35Cl2N5O4S. The topological polar surface area (TPSA) is 138 Å². The van der Waals surface area contributed by atoms with Crippen molar-refractivity contribution in [1.29, 1.82) is 5.41 Å². The number of aryl methyl sites for hydroxylation is 3. The number of hydrogen-bond donors (Lipinski definition) is 3. The average Bonchev–Trinajstić information content (AvgIpc) is 3.51. The number of carbonyl (C=O) groups is 1. The number of carbonyl (C=O) groups excluding carboxylic acids is 1. The molecule has 9 nitrogen and oxygen atoms in total.